The zero-order valence-electron chi connectivity index (χ0n) is 11.1. The molecule has 0 aliphatic carbocycles. The van der Waals surface area contributed by atoms with Crippen molar-refractivity contribution in [3.05, 3.63) is 34.1 Å². The molecule has 0 amide bonds. The first-order valence-corrected chi connectivity index (χ1v) is 7.57. The summed E-state index contributed by atoms with van der Waals surface area (Å²) >= 11 is 3.39. The van der Waals surface area contributed by atoms with Crippen molar-refractivity contribution in [3.8, 4) is 0 Å². The first-order valence-electron chi connectivity index (χ1n) is 6.78. The fourth-order valence-electron chi connectivity index (χ4n) is 2.79. The van der Waals surface area contributed by atoms with Crippen LogP contribution < -0.4 is 5.73 Å². The fraction of sp³-hybridized carbons (Fsp3) is 0.500. The molecule has 4 nitrogen and oxygen atoms in total. The van der Waals surface area contributed by atoms with E-state index >= 15 is 0 Å². The van der Waals surface area contributed by atoms with Gasteiger partial charge in [0.05, 0.1) is 18.7 Å². The van der Waals surface area contributed by atoms with Gasteiger partial charge in [-0.2, -0.15) is 0 Å². The van der Waals surface area contributed by atoms with Crippen LogP contribution in [-0.2, 0) is 4.74 Å². The molecule has 3 rings (SSSR count). The minimum Gasteiger partial charge on any atom is -0.376 e. The number of nitrogens with two attached hydrogens (primary N) is 1. The number of nitrogens with zero attached hydrogens (tertiary/aromatic N) is 2. The second kappa shape index (κ2) is 5.69. The highest BCUT2D eigenvalue weighted by atomic mass is 79.9. The monoisotopic (exact) mass is 341 g/mol. The molecule has 1 aromatic rings. The highest BCUT2D eigenvalue weighted by molar-refractivity contribution is 9.10. The molecule has 0 bridgehead atoms. The van der Waals surface area contributed by atoms with Gasteiger partial charge < -0.3 is 15.4 Å². The van der Waals surface area contributed by atoms with Crippen LogP contribution in [0.4, 0.5) is 4.39 Å². The summed E-state index contributed by atoms with van der Waals surface area (Å²) in [5.74, 6) is 0.255. The quantitative estimate of drug-likeness (QED) is 0.918. The molecule has 0 radical (unpaired) electrons. The summed E-state index contributed by atoms with van der Waals surface area (Å²) in [6, 6.07) is 4.83. The van der Waals surface area contributed by atoms with Crippen molar-refractivity contribution in [1.82, 2.24) is 4.90 Å². The van der Waals surface area contributed by atoms with Crippen LogP contribution in [0.15, 0.2) is 27.7 Å². The van der Waals surface area contributed by atoms with Crippen LogP contribution in [0.25, 0.3) is 0 Å². The summed E-state index contributed by atoms with van der Waals surface area (Å²) in [6.07, 6.45) is 2.27. The van der Waals surface area contributed by atoms with Crippen molar-refractivity contribution >= 4 is 21.9 Å². The van der Waals surface area contributed by atoms with E-state index in [2.05, 4.69) is 20.9 Å². The Labute approximate surface area is 125 Å². The summed E-state index contributed by atoms with van der Waals surface area (Å²) in [7, 11) is 0. The summed E-state index contributed by atoms with van der Waals surface area (Å²) in [4.78, 5) is 6.23. The van der Waals surface area contributed by atoms with Gasteiger partial charge in [-0.15, -0.1) is 0 Å². The van der Waals surface area contributed by atoms with E-state index < -0.39 is 0 Å². The highest BCUT2D eigenvalue weighted by Gasteiger charge is 2.32. The number of ether oxygens (including phenoxy) is 1. The number of halogens is 2. The van der Waals surface area contributed by atoms with Crippen molar-refractivity contribution < 1.29 is 9.13 Å². The van der Waals surface area contributed by atoms with Crippen molar-refractivity contribution in [2.45, 2.75) is 25.0 Å². The Hall–Kier alpha value is -1.14. The third-order valence-electron chi connectivity index (χ3n) is 3.84. The van der Waals surface area contributed by atoms with Crippen LogP contribution in [0.3, 0.4) is 0 Å². The molecule has 2 unspecified atom stereocenters. The third kappa shape index (κ3) is 2.67. The maximum atomic E-state index is 14.1. The minimum atomic E-state index is -0.222. The lowest BCUT2D eigenvalue weighted by Crippen LogP contribution is -2.41. The van der Waals surface area contributed by atoms with Gasteiger partial charge in [0.15, 0.2) is 5.96 Å². The molecule has 2 aliphatic heterocycles. The normalized spacial score (nSPS) is 26.1. The lowest BCUT2D eigenvalue weighted by Gasteiger charge is -2.29. The molecule has 2 atom stereocenters. The van der Waals surface area contributed by atoms with E-state index in [0.717, 1.165) is 23.9 Å². The number of aliphatic imine (C=N–C) groups is 1. The molecule has 0 saturated carbocycles. The zero-order valence-corrected chi connectivity index (χ0v) is 12.6. The molecule has 20 heavy (non-hydrogen) atoms. The van der Waals surface area contributed by atoms with Gasteiger partial charge in [0.2, 0.25) is 0 Å². The van der Waals surface area contributed by atoms with E-state index in [0.29, 0.717) is 24.6 Å². The standard InChI is InChI=1S/C14H17BrFN3O/c15-9-3-4-12(16)11(6-9)13-7-18-14(17)19(13)8-10-2-1-5-20-10/h3-4,6,10,13H,1-2,5,7-8H2,(H2,17,18). The van der Waals surface area contributed by atoms with Crippen molar-refractivity contribution in [2.24, 2.45) is 10.7 Å². The number of benzene rings is 1. The number of hydrogen-bond acceptors (Lipinski definition) is 4. The number of guanidine groups is 1. The predicted octanol–water partition coefficient (Wildman–Crippen LogP) is 2.44. The Morgan fingerprint density at radius 1 is 1.50 bits per heavy atom. The van der Waals surface area contributed by atoms with Gasteiger partial charge in [-0.25, -0.2) is 4.39 Å². The fourth-order valence-corrected chi connectivity index (χ4v) is 3.17. The van der Waals surface area contributed by atoms with Crippen LogP contribution in [0.2, 0.25) is 0 Å². The minimum absolute atomic E-state index is 0.142. The van der Waals surface area contributed by atoms with E-state index in [1.807, 2.05) is 4.90 Å². The molecule has 6 heteroatoms. The maximum absolute atomic E-state index is 14.1. The van der Waals surface area contributed by atoms with E-state index in [9.17, 15) is 4.39 Å². The third-order valence-corrected chi connectivity index (χ3v) is 4.33. The van der Waals surface area contributed by atoms with Crippen LogP contribution in [0, 0.1) is 5.82 Å². The van der Waals surface area contributed by atoms with Gasteiger partial charge in [-0.3, -0.25) is 4.99 Å². The lowest BCUT2D eigenvalue weighted by molar-refractivity contribution is 0.0849. The van der Waals surface area contributed by atoms with Gasteiger partial charge in [0.1, 0.15) is 5.82 Å². The van der Waals surface area contributed by atoms with Gasteiger partial charge in [0.25, 0.3) is 0 Å². The Morgan fingerprint density at radius 2 is 2.35 bits per heavy atom. The van der Waals surface area contributed by atoms with E-state index in [4.69, 9.17) is 10.5 Å². The maximum Gasteiger partial charge on any atom is 0.192 e. The highest BCUT2D eigenvalue weighted by Crippen LogP contribution is 2.30. The van der Waals surface area contributed by atoms with E-state index in [1.54, 1.807) is 12.1 Å². The summed E-state index contributed by atoms with van der Waals surface area (Å²) in [6.45, 7) is 1.96. The smallest absolute Gasteiger partial charge is 0.192 e. The SMILES string of the molecule is NC1=NCC(c2cc(Br)ccc2F)N1CC1CCCO1. The molecule has 1 fully saturated rings. The summed E-state index contributed by atoms with van der Waals surface area (Å²) in [5.41, 5.74) is 6.59. The lowest BCUT2D eigenvalue weighted by atomic mass is 10.0. The average molecular weight is 342 g/mol. The Bertz CT molecular complexity index is 531. The van der Waals surface area contributed by atoms with Crippen LogP contribution in [-0.4, -0.2) is 36.7 Å². The largest absolute Gasteiger partial charge is 0.376 e. The molecule has 108 valence electrons. The molecular weight excluding hydrogens is 325 g/mol. The van der Waals surface area contributed by atoms with Gasteiger partial charge in [-0.1, -0.05) is 15.9 Å². The summed E-state index contributed by atoms with van der Waals surface area (Å²) < 4.78 is 20.6. The molecule has 2 N–H and O–H groups in total. The van der Waals surface area contributed by atoms with Gasteiger partial charge in [0, 0.05) is 23.2 Å². The van der Waals surface area contributed by atoms with Gasteiger partial charge >= 0.3 is 0 Å². The second-order valence-corrected chi connectivity index (χ2v) is 6.08. The molecule has 0 spiro atoms. The number of rotatable bonds is 3. The van der Waals surface area contributed by atoms with Crippen LogP contribution in [0.1, 0.15) is 24.4 Å². The topological polar surface area (TPSA) is 50.8 Å². The first-order chi connectivity index (χ1) is 9.65. The van der Waals surface area contributed by atoms with Gasteiger partial charge in [-0.05, 0) is 31.0 Å². The van der Waals surface area contributed by atoms with Crippen LogP contribution in [0.5, 0.6) is 0 Å². The van der Waals surface area contributed by atoms with E-state index in [1.165, 1.54) is 6.07 Å². The molecular formula is C14H17BrFN3O. The second-order valence-electron chi connectivity index (χ2n) is 5.17. The summed E-state index contributed by atoms with van der Waals surface area (Å²) in [5, 5.41) is 0. The van der Waals surface area contributed by atoms with Crippen LogP contribution >= 0.6 is 15.9 Å². The number of hydrogen-bond donors (Lipinski definition) is 1. The van der Waals surface area contributed by atoms with E-state index in [-0.39, 0.29) is 18.0 Å². The molecule has 1 aromatic carbocycles. The Morgan fingerprint density at radius 3 is 3.10 bits per heavy atom. The van der Waals surface area contributed by atoms with Crippen molar-refractivity contribution in [1.29, 1.82) is 0 Å². The molecule has 2 heterocycles. The Balaban J connectivity index is 1.82. The average Bonchev–Trinajstić information content (AvgIpc) is 3.05. The van der Waals surface area contributed by atoms with Crippen molar-refractivity contribution in [3.63, 3.8) is 0 Å². The van der Waals surface area contributed by atoms with Crippen molar-refractivity contribution in [2.75, 3.05) is 19.7 Å². The molecule has 0 aromatic heterocycles. The molecule has 1 saturated heterocycles. The zero-order chi connectivity index (χ0) is 14.1. The Kier molecular flexibility index (Phi) is 3.94. The molecule has 2 aliphatic rings. The predicted molar refractivity (Wildman–Crippen MR) is 79.0 cm³/mol. The first kappa shape index (κ1) is 13.8.